The lowest BCUT2D eigenvalue weighted by atomic mass is 9.99. The zero-order valence-corrected chi connectivity index (χ0v) is 18.4. The highest BCUT2D eigenvalue weighted by Gasteiger charge is 2.24. The number of fused-ring (bicyclic) bond motifs is 1. The van der Waals surface area contributed by atoms with E-state index >= 15 is 0 Å². The van der Waals surface area contributed by atoms with Crippen molar-refractivity contribution >= 4 is 23.0 Å². The molecule has 7 nitrogen and oxygen atoms in total. The van der Waals surface area contributed by atoms with E-state index in [9.17, 15) is 14.0 Å². The number of pyridine rings is 1. The Morgan fingerprint density at radius 2 is 1.88 bits per heavy atom. The number of rotatable bonds is 5. The summed E-state index contributed by atoms with van der Waals surface area (Å²) in [5.74, 6) is -0.536. The maximum absolute atomic E-state index is 13.2. The van der Waals surface area contributed by atoms with E-state index < -0.39 is 0 Å². The lowest BCUT2D eigenvalue weighted by Crippen LogP contribution is -2.27. The van der Waals surface area contributed by atoms with Crippen LogP contribution in [0.5, 0.6) is 0 Å². The average Bonchev–Trinajstić information content (AvgIpc) is 3.15. The second-order valence-corrected chi connectivity index (χ2v) is 8.25. The zero-order valence-electron chi connectivity index (χ0n) is 17.7. The van der Waals surface area contributed by atoms with Crippen LogP contribution in [-0.4, -0.2) is 25.5 Å². The minimum atomic E-state index is -0.374. The van der Waals surface area contributed by atoms with Crippen molar-refractivity contribution in [1.82, 2.24) is 24.9 Å². The second-order valence-electron chi connectivity index (χ2n) is 7.82. The summed E-state index contributed by atoms with van der Waals surface area (Å²) >= 11 is 5.89. The number of aromatic nitrogens is 4. The molecule has 0 aliphatic heterocycles. The predicted octanol–water partition coefficient (Wildman–Crippen LogP) is 4.49. The van der Waals surface area contributed by atoms with Gasteiger partial charge in [0.2, 0.25) is 0 Å². The molecule has 1 unspecified atom stereocenters. The molecule has 4 aromatic rings. The van der Waals surface area contributed by atoms with Crippen LogP contribution in [-0.2, 0) is 0 Å². The topological polar surface area (TPSA) is 92.2 Å². The lowest BCUT2D eigenvalue weighted by molar-refractivity contribution is 0.0938. The number of carbonyl (C=O) groups is 1. The third-order valence-electron chi connectivity index (χ3n) is 5.19. The summed E-state index contributed by atoms with van der Waals surface area (Å²) in [7, 11) is 0. The van der Waals surface area contributed by atoms with Crippen molar-refractivity contribution in [3.05, 3.63) is 86.7 Å². The van der Waals surface area contributed by atoms with Gasteiger partial charge >= 0.3 is 0 Å². The van der Waals surface area contributed by atoms with Crippen molar-refractivity contribution in [1.29, 1.82) is 0 Å². The minimum absolute atomic E-state index is 0.107. The molecular formula is C23H21ClFN5O2. The molecule has 0 fully saturated rings. The molecule has 32 heavy (non-hydrogen) atoms. The quantitative estimate of drug-likeness (QED) is 0.465. The highest BCUT2D eigenvalue weighted by atomic mass is 35.5. The number of H-pyrrole nitrogens is 1. The van der Waals surface area contributed by atoms with Crippen molar-refractivity contribution in [2.75, 3.05) is 0 Å². The van der Waals surface area contributed by atoms with Crippen LogP contribution >= 0.6 is 11.6 Å². The summed E-state index contributed by atoms with van der Waals surface area (Å²) in [5.41, 5.74) is 2.09. The van der Waals surface area contributed by atoms with Crippen molar-refractivity contribution in [2.45, 2.75) is 32.7 Å². The Kier molecular flexibility index (Phi) is 5.80. The lowest BCUT2D eigenvalue weighted by Gasteiger charge is -2.15. The number of aromatic amines is 1. The normalized spacial score (nSPS) is 12.3. The molecule has 9 heteroatoms. The van der Waals surface area contributed by atoms with Crippen LogP contribution in [0, 0.1) is 5.82 Å². The van der Waals surface area contributed by atoms with Gasteiger partial charge in [0.25, 0.3) is 11.5 Å². The highest BCUT2D eigenvalue weighted by molar-refractivity contribution is 6.30. The molecule has 0 spiro atoms. The first kappa shape index (κ1) is 21.7. The first-order chi connectivity index (χ1) is 15.2. The van der Waals surface area contributed by atoms with Gasteiger partial charge < -0.3 is 10.3 Å². The van der Waals surface area contributed by atoms with Gasteiger partial charge in [-0.25, -0.2) is 8.91 Å². The standard InChI is InChI=1S/C23H21ClFN5O2/c1-12(2)19-17(22(31)27-13(3)14-4-7-16(25)8-5-14)11-30-20(19)23(32)28-21(29-30)18-9-6-15(24)10-26-18/h4-13H,1-3H3,(H,27,31)(H,28,29,32). The number of nitrogens with zero attached hydrogens (tertiary/aromatic N) is 3. The largest absolute Gasteiger partial charge is 0.345 e. The average molecular weight is 454 g/mol. The van der Waals surface area contributed by atoms with Gasteiger partial charge in [0.15, 0.2) is 5.82 Å². The maximum Gasteiger partial charge on any atom is 0.275 e. The molecule has 0 radical (unpaired) electrons. The molecule has 2 N–H and O–H groups in total. The molecule has 0 bridgehead atoms. The molecule has 3 aromatic heterocycles. The molecule has 1 amide bonds. The minimum Gasteiger partial charge on any atom is -0.345 e. The van der Waals surface area contributed by atoms with Gasteiger partial charge in [-0.15, -0.1) is 5.10 Å². The predicted molar refractivity (Wildman–Crippen MR) is 120 cm³/mol. The van der Waals surface area contributed by atoms with Gasteiger partial charge in [0.1, 0.15) is 17.0 Å². The summed E-state index contributed by atoms with van der Waals surface area (Å²) in [4.78, 5) is 33.0. The Balaban J connectivity index is 1.75. The second kappa shape index (κ2) is 8.55. The number of benzene rings is 1. The Bertz CT molecular complexity index is 1340. The van der Waals surface area contributed by atoms with Crippen LogP contribution in [0.2, 0.25) is 5.02 Å². The van der Waals surface area contributed by atoms with Gasteiger partial charge in [0, 0.05) is 18.0 Å². The fourth-order valence-corrected chi connectivity index (χ4v) is 3.73. The van der Waals surface area contributed by atoms with E-state index in [-0.39, 0.29) is 35.1 Å². The number of hydrogen-bond acceptors (Lipinski definition) is 4. The molecule has 4 rings (SSSR count). The van der Waals surface area contributed by atoms with E-state index in [1.54, 1.807) is 30.5 Å². The molecule has 0 saturated heterocycles. The number of nitrogens with one attached hydrogen (secondary N) is 2. The monoisotopic (exact) mass is 453 g/mol. The van der Waals surface area contributed by atoms with E-state index in [1.807, 2.05) is 20.8 Å². The highest BCUT2D eigenvalue weighted by Crippen LogP contribution is 2.26. The third kappa shape index (κ3) is 4.13. The van der Waals surface area contributed by atoms with Crippen LogP contribution < -0.4 is 10.9 Å². The Morgan fingerprint density at radius 3 is 2.50 bits per heavy atom. The molecule has 1 aromatic carbocycles. The summed E-state index contributed by atoms with van der Waals surface area (Å²) in [6.45, 7) is 5.62. The van der Waals surface area contributed by atoms with Crippen molar-refractivity contribution < 1.29 is 9.18 Å². The van der Waals surface area contributed by atoms with E-state index in [2.05, 4.69) is 20.4 Å². The molecule has 1 atom stereocenters. The molecular weight excluding hydrogens is 433 g/mol. The van der Waals surface area contributed by atoms with Crippen molar-refractivity contribution in [3.8, 4) is 11.5 Å². The van der Waals surface area contributed by atoms with Crippen LogP contribution in [0.3, 0.4) is 0 Å². The molecule has 3 heterocycles. The van der Waals surface area contributed by atoms with Gasteiger partial charge in [0.05, 0.1) is 16.6 Å². The van der Waals surface area contributed by atoms with Gasteiger partial charge in [-0.1, -0.05) is 37.6 Å². The third-order valence-corrected chi connectivity index (χ3v) is 5.41. The first-order valence-corrected chi connectivity index (χ1v) is 10.5. The van der Waals surface area contributed by atoms with E-state index in [0.717, 1.165) is 5.56 Å². The fraction of sp³-hybridized carbons (Fsp3) is 0.217. The van der Waals surface area contributed by atoms with Crippen LogP contribution in [0.1, 0.15) is 54.2 Å². The Hall–Kier alpha value is -3.52. The van der Waals surface area contributed by atoms with Crippen LogP contribution in [0.15, 0.2) is 53.6 Å². The Labute approximate surface area is 188 Å². The molecule has 0 aliphatic rings. The molecule has 0 saturated carbocycles. The first-order valence-electron chi connectivity index (χ1n) is 10.1. The number of carbonyl (C=O) groups excluding carboxylic acids is 1. The van der Waals surface area contributed by atoms with E-state index in [0.29, 0.717) is 27.4 Å². The number of hydrogen-bond donors (Lipinski definition) is 2. The fourth-order valence-electron chi connectivity index (χ4n) is 3.62. The van der Waals surface area contributed by atoms with Crippen molar-refractivity contribution in [2.24, 2.45) is 0 Å². The summed E-state index contributed by atoms with van der Waals surface area (Å²) in [6, 6.07) is 8.89. The van der Waals surface area contributed by atoms with Gasteiger partial charge in [-0.3, -0.25) is 14.6 Å². The van der Waals surface area contributed by atoms with E-state index in [1.165, 1.54) is 22.8 Å². The SMILES string of the molecule is CC(C)c1c(C(=O)NC(C)c2ccc(F)cc2)cn2nc(-c3ccc(Cl)cn3)[nH]c(=O)c12. The van der Waals surface area contributed by atoms with Crippen molar-refractivity contribution in [3.63, 3.8) is 0 Å². The summed E-state index contributed by atoms with van der Waals surface area (Å²) in [5, 5.41) is 7.85. The smallest absolute Gasteiger partial charge is 0.275 e. The maximum atomic E-state index is 13.2. The summed E-state index contributed by atoms with van der Waals surface area (Å²) < 4.78 is 14.6. The molecule has 164 valence electrons. The van der Waals surface area contributed by atoms with Gasteiger partial charge in [-0.05, 0) is 42.7 Å². The van der Waals surface area contributed by atoms with Gasteiger partial charge in [-0.2, -0.15) is 0 Å². The zero-order chi connectivity index (χ0) is 23.0. The number of halogens is 2. The Morgan fingerprint density at radius 1 is 1.16 bits per heavy atom. The van der Waals surface area contributed by atoms with Crippen LogP contribution in [0.4, 0.5) is 4.39 Å². The number of amides is 1. The van der Waals surface area contributed by atoms with E-state index in [4.69, 9.17) is 11.6 Å². The summed E-state index contributed by atoms with van der Waals surface area (Å²) in [6.07, 6.45) is 3.01. The van der Waals surface area contributed by atoms with Crippen LogP contribution in [0.25, 0.3) is 17.0 Å². The molecule has 0 aliphatic carbocycles.